The number of rotatable bonds is 7. The van der Waals surface area contributed by atoms with Gasteiger partial charge in [0.15, 0.2) is 0 Å². The van der Waals surface area contributed by atoms with Crippen molar-refractivity contribution in [2.45, 2.75) is 121 Å². The van der Waals surface area contributed by atoms with Crippen molar-refractivity contribution in [3.05, 3.63) is 149 Å². The molecule has 3 aromatic rings. The Morgan fingerprint density at radius 3 is 2.00 bits per heavy atom. The first-order valence-electron chi connectivity index (χ1n) is 20.4. The van der Waals surface area contributed by atoms with Gasteiger partial charge in [-0.3, -0.25) is 0 Å². The lowest BCUT2D eigenvalue weighted by molar-refractivity contribution is 0.225. The molecule has 1 heterocycles. The van der Waals surface area contributed by atoms with Gasteiger partial charge in [0.25, 0.3) is 0 Å². The number of aromatic nitrogens is 1. The van der Waals surface area contributed by atoms with E-state index in [9.17, 15) is 0 Å². The summed E-state index contributed by atoms with van der Waals surface area (Å²) in [5.41, 5.74) is 14.0. The van der Waals surface area contributed by atoms with Gasteiger partial charge in [0.1, 0.15) is 0 Å². The fourth-order valence-corrected chi connectivity index (χ4v) is 10.5. The largest absolute Gasteiger partial charge is 0.341 e. The molecule has 0 aliphatic heterocycles. The minimum absolute atomic E-state index is 0.226. The van der Waals surface area contributed by atoms with Gasteiger partial charge in [-0.05, 0) is 160 Å². The van der Waals surface area contributed by atoms with Gasteiger partial charge in [0.2, 0.25) is 0 Å². The van der Waals surface area contributed by atoms with Crippen LogP contribution in [0.4, 0.5) is 11.4 Å². The van der Waals surface area contributed by atoms with E-state index in [-0.39, 0.29) is 5.41 Å². The zero-order chi connectivity index (χ0) is 34.2. The van der Waals surface area contributed by atoms with E-state index in [2.05, 4.69) is 132 Å². The smallest absolute Gasteiger partial charge is 0.0522 e. The number of benzene rings is 2. The van der Waals surface area contributed by atoms with Gasteiger partial charge in [0.05, 0.1) is 12.1 Å². The third-order valence-corrected chi connectivity index (χ3v) is 13.5. The third kappa shape index (κ3) is 6.38. The average molecular weight is 673 g/mol. The van der Waals surface area contributed by atoms with Crippen LogP contribution in [0.5, 0.6) is 0 Å². The molecule has 0 saturated carbocycles. The molecule has 0 bridgehead atoms. The van der Waals surface area contributed by atoms with E-state index in [1.54, 1.807) is 22.5 Å². The molecule has 5 unspecified atom stereocenters. The van der Waals surface area contributed by atoms with E-state index in [1.165, 1.54) is 105 Å². The molecule has 1 aromatic heterocycles. The van der Waals surface area contributed by atoms with E-state index in [0.29, 0.717) is 23.9 Å². The monoisotopic (exact) mass is 672 g/mol. The van der Waals surface area contributed by atoms with E-state index in [4.69, 9.17) is 0 Å². The van der Waals surface area contributed by atoms with Crippen molar-refractivity contribution < 1.29 is 0 Å². The normalized spacial score (nSPS) is 28.3. The van der Waals surface area contributed by atoms with Gasteiger partial charge in [-0.15, -0.1) is 0 Å². The van der Waals surface area contributed by atoms with Crippen LogP contribution in [-0.4, -0.2) is 10.6 Å². The van der Waals surface area contributed by atoms with Crippen molar-refractivity contribution in [2.24, 2.45) is 11.3 Å². The molecule has 2 heteroatoms. The highest BCUT2D eigenvalue weighted by Crippen LogP contribution is 2.48. The highest BCUT2D eigenvalue weighted by atomic mass is 15.2. The van der Waals surface area contributed by atoms with Gasteiger partial charge in [-0.25, -0.2) is 0 Å². The molecule has 0 spiro atoms. The van der Waals surface area contributed by atoms with Gasteiger partial charge in [-0.1, -0.05) is 98.0 Å². The lowest BCUT2D eigenvalue weighted by atomic mass is 9.66. The minimum atomic E-state index is 0.226. The molecule has 2 nitrogen and oxygen atoms in total. The second-order valence-electron chi connectivity index (χ2n) is 16.6. The van der Waals surface area contributed by atoms with E-state index in [1.807, 2.05) is 0 Å². The molecule has 0 N–H and O–H groups in total. The van der Waals surface area contributed by atoms with Crippen LogP contribution >= 0.6 is 0 Å². The summed E-state index contributed by atoms with van der Waals surface area (Å²) in [7, 11) is 0. The quantitative estimate of drug-likeness (QED) is 0.227. The van der Waals surface area contributed by atoms with Crippen LogP contribution in [0.2, 0.25) is 0 Å². The molecule has 6 aliphatic carbocycles. The minimum Gasteiger partial charge on any atom is -0.341 e. The van der Waals surface area contributed by atoms with Crippen molar-refractivity contribution in [1.82, 2.24) is 4.57 Å². The molecule has 51 heavy (non-hydrogen) atoms. The zero-order valence-electron chi connectivity index (χ0n) is 30.8. The Morgan fingerprint density at radius 2 is 1.39 bits per heavy atom. The molecule has 262 valence electrons. The molecule has 2 aromatic carbocycles. The first-order chi connectivity index (χ1) is 25.1. The Balaban J connectivity index is 0.966. The topological polar surface area (TPSA) is 8.17 Å². The van der Waals surface area contributed by atoms with Gasteiger partial charge < -0.3 is 9.47 Å². The number of fused-ring (bicyclic) bond motifs is 3. The summed E-state index contributed by atoms with van der Waals surface area (Å²) in [6.07, 6.45) is 45.3. The molecule has 0 fully saturated rings. The number of hydrogen-bond donors (Lipinski definition) is 0. The van der Waals surface area contributed by atoms with Gasteiger partial charge in [-0.2, -0.15) is 0 Å². The van der Waals surface area contributed by atoms with Crippen molar-refractivity contribution >= 4 is 16.9 Å². The van der Waals surface area contributed by atoms with Crippen LogP contribution in [0.3, 0.4) is 0 Å². The van der Waals surface area contributed by atoms with Gasteiger partial charge in [0, 0.05) is 28.7 Å². The third-order valence-electron chi connectivity index (χ3n) is 13.5. The Morgan fingerprint density at radius 1 is 0.667 bits per heavy atom. The maximum Gasteiger partial charge on any atom is 0.0522 e. The first kappa shape index (κ1) is 32.8. The predicted molar refractivity (Wildman–Crippen MR) is 216 cm³/mol. The SMILES string of the molecule is CC1(C2C=CC(N(c3ccc(C4=CC=CCC4)cc3)c3ccc(C4C=CC=CC4)cc3)CC2)C=CC(n2c3c(c4c2CCCC4)CCCC3)CC1. The number of allylic oxidation sites excluding steroid dienone is 11. The Kier molecular flexibility index (Phi) is 9.13. The highest BCUT2D eigenvalue weighted by Gasteiger charge is 2.38. The summed E-state index contributed by atoms with van der Waals surface area (Å²) >= 11 is 0. The molecule has 0 saturated heterocycles. The lowest BCUT2D eigenvalue weighted by Gasteiger charge is -2.43. The fourth-order valence-electron chi connectivity index (χ4n) is 10.5. The number of hydrogen-bond acceptors (Lipinski definition) is 1. The lowest BCUT2D eigenvalue weighted by Crippen LogP contribution is -2.36. The zero-order valence-corrected chi connectivity index (χ0v) is 30.8. The maximum atomic E-state index is 2.86. The van der Waals surface area contributed by atoms with E-state index < -0.39 is 0 Å². The van der Waals surface area contributed by atoms with Crippen molar-refractivity contribution in [2.75, 3.05) is 4.90 Å². The number of anilines is 2. The molecule has 5 atom stereocenters. The van der Waals surface area contributed by atoms with E-state index >= 15 is 0 Å². The predicted octanol–water partition coefficient (Wildman–Crippen LogP) is 12.6. The fraction of sp³-hybridized carbons (Fsp3) is 0.429. The second-order valence-corrected chi connectivity index (χ2v) is 16.6. The Bertz CT molecular complexity index is 1870. The highest BCUT2D eigenvalue weighted by molar-refractivity contribution is 5.72. The molecule has 0 radical (unpaired) electrons. The van der Waals surface area contributed by atoms with Crippen LogP contribution in [-0.2, 0) is 25.7 Å². The molecular weight excluding hydrogens is 617 g/mol. The summed E-state index contributed by atoms with van der Waals surface area (Å²) in [5.74, 6) is 1.06. The summed E-state index contributed by atoms with van der Waals surface area (Å²) in [4.78, 5) is 2.61. The summed E-state index contributed by atoms with van der Waals surface area (Å²) < 4.78 is 2.86. The molecule has 6 aliphatic rings. The van der Waals surface area contributed by atoms with Crippen LogP contribution in [0, 0.1) is 11.3 Å². The van der Waals surface area contributed by atoms with Crippen molar-refractivity contribution in [1.29, 1.82) is 0 Å². The van der Waals surface area contributed by atoms with E-state index in [0.717, 1.165) is 19.3 Å². The maximum absolute atomic E-state index is 2.86. The Hall–Kier alpha value is -4.04. The molecule has 9 rings (SSSR count). The van der Waals surface area contributed by atoms with Crippen LogP contribution in [0.1, 0.15) is 123 Å². The summed E-state index contributed by atoms with van der Waals surface area (Å²) in [6.45, 7) is 2.55. The molecule has 0 amide bonds. The summed E-state index contributed by atoms with van der Waals surface area (Å²) in [5, 5.41) is 0. The van der Waals surface area contributed by atoms with Crippen LogP contribution in [0.15, 0.2) is 115 Å². The van der Waals surface area contributed by atoms with Gasteiger partial charge >= 0.3 is 0 Å². The van der Waals surface area contributed by atoms with Crippen molar-refractivity contribution in [3.63, 3.8) is 0 Å². The number of nitrogens with zero attached hydrogens (tertiary/aromatic N) is 2. The molecular formula is C49H56N2. The Labute approximate surface area is 307 Å². The van der Waals surface area contributed by atoms with Crippen LogP contribution in [0.25, 0.3) is 5.57 Å². The average Bonchev–Trinajstić information content (AvgIpc) is 3.54. The first-order valence-corrected chi connectivity index (χ1v) is 20.4. The summed E-state index contributed by atoms with van der Waals surface area (Å²) in [6, 6.07) is 19.8. The standard InChI is InChI=1S/C49H56N2/c1-49(34-32-44(33-35-49)51-47-18-10-8-16-45(47)46-17-9-11-19-48(46)51)40-24-30-43(31-25-40)50(41-26-20-38(21-27-41)36-12-4-2-5-13-36)42-28-22-39(23-29-42)37-14-6-3-7-15-37/h2-6,12,14,20-24,26-30,32,34,36,40,43-44H,7-11,13,15-19,25,31,33,35H2,1H3. The van der Waals surface area contributed by atoms with Crippen molar-refractivity contribution in [3.8, 4) is 0 Å². The van der Waals surface area contributed by atoms with Crippen LogP contribution < -0.4 is 4.90 Å². The second kappa shape index (κ2) is 14.2.